The van der Waals surface area contributed by atoms with Crippen molar-refractivity contribution in [1.82, 2.24) is 34.2 Å². The number of hydrogen-bond acceptors (Lipinski definition) is 6. The van der Waals surface area contributed by atoms with Gasteiger partial charge < -0.3 is 9.47 Å². The Labute approximate surface area is 140 Å². The highest BCUT2D eigenvalue weighted by atomic mass is 15.3. The van der Waals surface area contributed by atoms with Crippen LogP contribution in [0.15, 0.2) is 18.6 Å². The summed E-state index contributed by atoms with van der Waals surface area (Å²) in [5.41, 5.74) is 0.896. The van der Waals surface area contributed by atoms with Gasteiger partial charge in [0.05, 0.1) is 18.1 Å². The molecule has 4 heterocycles. The molecule has 0 amide bonds. The van der Waals surface area contributed by atoms with Gasteiger partial charge in [-0.3, -0.25) is 9.58 Å². The van der Waals surface area contributed by atoms with E-state index in [-0.39, 0.29) is 0 Å². The van der Waals surface area contributed by atoms with Crippen LogP contribution in [-0.4, -0.2) is 60.4 Å². The third kappa shape index (κ3) is 2.62. The van der Waals surface area contributed by atoms with Gasteiger partial charge in [0.2, 0.25) is 0 Å². The molecule has 1 aliphatic rings. The van der Waals surface area contributed by atoms with Crippen molar-refractivity contribution in [1.29, 1.82) is 0 Å². The van der Waals surface area contributed by atoms with Crippen LogP contribution in [0.5, 0.6) is 0 Å². The normalized spacial score (nSPS) is 16.2. The fraction of sp³-hybridized carbons (Fsp3) is 0.500. The molecule has 1 fully saturated rings. The van der Waals surface area contributed by atoms with E-state index in [9.17, 15) is 0 Å². The molecule has 0 bridgehead atoms. The SMILES string of the molecule is Cc1nc(N2CCN(Cc3nccn3C)CC2)c2cnn(C)c2n1. The van der Waals surface area contributed by atoms with Crippen molar-refractivity contribution in [2.45, 2.75) is 13.5 Å². The predicted molar refractivity (Wildman–Crippen MR) is 91.7 cm³/mol. The molecule has 0 atom stereocenters. The second-order valence-electron chi connectivity index (χ2n) is 6.32. The van der Waals surface area contributed by atoms with Gasteiger partial charge in [-0.1, -0.05) is 0 Å². The molecule has 0 saturated carbocycles. The number of rotatable bonds is 3. The molecule has 0 spiro atoms. The fourth-order valence-electron chi connectivity index (χ4n) is 3.22. The second-order valence-corrected chi connectivity index (χ2v) is 6.32. The Hall–Kier alpha value is -2.48. The number of imidazole rings is 1. The minimum Gasteiger partial charge on any atom is -0.353 e. The lowest BCUT2D eigenvalue weighted by atomic mass is 10.2. The van der Waals surface area contributed by atoms with E-state index in [1.54, 1.807) is 0 Å². The molecule has 3 aromatic rings. The van der Waals surface area contributed by atoms with Crippen molar-refractivity contribution in [3.63, 3.8) is 0 Å². The highest BCUT2D eigenvalue weighted by Crippen LogP contribution is 2.24. The number of nitrogens with zero attached hydrogens (tertiary/aromatic N) is 8. The summed E-state index contributed by atoms with van der Waals surface area (Å²) in [6.07, 6.45) is 5.72. The van der Waals surface area contributed by atoms with Crippen molar-refractivity contribution < 1.29 is 0 Å². The van der Waals surface area contributed by atoms with E-state index in [2.05, 4.69) is 34.4 Å². The largest absolute Gasteiger partial charge is 0.353 e. The zero-order valence-electron chi connectivity index (χ0n) is 14.3. The van der Waals surface area contributed by atoms with E-state index in [1.807, 2.05) is 44.3 Å². The van der Waals surface area contributed by atoms with Gasteiger partial charge in [-0.25, -0.2) is 15.0 Å². The van der Waals surface area contributed by atoms with Crippen LogP contribution in [0.2, 0.25) is 0 Å². The lowest BCUT2D eigenvalue weighted by molar-refractivity contribution is 0.241. The third-order valence-electron chi connectivity index (χ3n) is 4.64. The van der Waals surface area contributed by atoms with Gasteiger partial charge in [-0.2, -0.15) is 5.10 Å². The first-order valence-corrected chi connectivity index (χ1v) is 8.21. The van der Waals surface area contributed by atoms with Crippen molar-refractivity contribution in [3.05, 3.63) is 30.2 Å². The first-order chi connectivity index (χ1) is 11.6. The summed E-state index contributed by atoms with van der Waals surface area (Å²) >= 11 is 0. The van der Waals surface area contributed by atoms with Crippen LogP contribution in [-0.2, 0) is 20.6 Å². The van der Waals surface area contributed by atoms with E-state index in [0.29, 0.717) is 0 Å². The van der Waals surface area contributed by atoms with E-state index >= 15 is 0 Å². The van der Waals surface area contributed by atoms with Crippen LogP contribution in [0.25, 0.3) is 11.0 Å². The number of anilines is 1. The summed E-state index contributed by atoms with van der Waals surface area (Å²) < 4.78 is 3.89. The van der Waals surface area contributed by atoms with Gasteiger partial charge >= 0.3 is 0 Å². The molecule has 8 heteroatoms. The molecule has 8 nitrogen and oxygen atoms in total. The summed E-state index contributed by atoms with van der Waals surface area (Å²) in [6, 6.07) is 0. The van der Waals surface area contributed by atoms with Crippen LogP contribution in [0.3, 0.4) is 0 Å². The van der Waals surface area contributed by atoms with Crippen molar-refractivity contribution in [2.75, 3.05) is 31.1 Å². The standard InChI is InChI=1S/C16H22N8/c1-12-19-15-13(10-18-22(15)3)16(20-12)24-8-6-23(7-9-24)11-14-17-4-5-21(14)2/h4-5,10H,6-9,11H2,1-3H3. The molecule has 0 N–H and O–H groups in total. The van der Waals surface area contributed by atoms with Gasteiger partial charge in [-0.05, 0) is 6.92 Å². The summed E-state index contributed by atoms with van der Waals surface area (Å²) in [6.45, 7) is 6.72. The lowest BCUT2D eigenvalue weighted by Gasteiger charge is -2.35. The minimum absolute atomic E-state index is 0.788. The van der Waals surface area contributed by atoms with Gasteiger partial charge in [-0.15, -0.1) is 0 Å². The van der Waals surface area contributed by atoms with E-state index < -0.39 is 0 Å². The number of fused-ring (bicyclic) bond motifs is 1. The minimum atomic E-state index is 0.788. The van der Waals surface area contributed by atoms with Gasteiger partial charge in [0.15, 0.2) is 5.65 Å². The predicted octanol–water partition coefficient (Wildman–Crippen LogP) is 0.727. The molecule has 126 valence electrons. The highest BCUT2D eigenvalue weighted by molar-refractivity contribution is 5.87. The van der Waals surface area contributed by atoms with Crippen molar-refractivity contribution in [3.8, 4) is 0 Å². The Bertz CT molecular complexity index is 856. The number of hydrogen-bond donors (Lipinski definition) is 0. The van der Waals surface area contributed by atoms with Crippen LogP contribution in [0.4, 0.5) is 5.82 Å². The monoisotopic (exact) mass is 326 g/mol. The van der Waals surface area contributed by atoms with E-state index in [4.69, 9.17) is 0 Å². The molecule has 3 aromatic heterocycles. The number of aromatic nitrogens is 6. The van der Waals surface area contributed by atoms with Crippen LogP contribution >= 0.6 is 0 Å². The fourth-order valence-corrected chi connectivity index (χ4v) is 3.22. The average Bonchev–Trinajstić information content (AvgIpc) is 3.14. The van der Waals surface area contributed by atoms with Gasteiger partial charge in [0, 0.05) is 52.7 Å². The van der Waals surface area contributed by atoms with Crippen LogP contribution in [0.1, 0.15) is 11.6 Å². The zero-order chi connectivity index (χ0) is 16.7. The molecular weight excluding hydrogens is 304 g/mol. The maximum atomic E-state index is 4.68. The molecule has 0 aromatic carbocycles. The van der Waals surface area contributed by atoms with Crippen molar-refractivity contribution >= 4 is 16.9 Å². The molecule has 0 aliphatic carbocycles. The Morgan fingerprint density at radius 2 is 1.88 bits per heavy atom. The average molecular weight is 326 g/mol. The van der Waals surface area contributed by atoms with E-state index in [0.717, 1.165) is 61.2 Å². The molecule has 4 rings (SSSR count). The van der Waals surface area contributed by atoms with Crippen LogP contribution in [0, 0.1) is 6.92 Å². The summed E-state index contributed by atoms with van der Waals surface area (Å²) in [5, 5.41) is 5.36. The quantitative estimate of drug-likeness (QED) is 0.707. The highest BCUT2D eigenvalue weighted by Gasteiger charge is 2.22. The number of aryl methyl sites for hydroxylation is 3. The first-order valence-electron chi connectivity index (χ1n) is 8.21. The smallest absolute Gasteiger partial charge is 0.163 e. The Kier molecular flexibility index (Phi) is 3.68. The molecule has 24 heavy (non-hydrogen) atoms. The summed E-state index contributed by atoms with van der Waals surface area (Å²) in [7, 11) is 3.96. The topological polar surface area (TPSA) is 67.9 Å². The van der Waals surface area contributed by atoms with Gasteiger partial charge in [0.1, 0.15) is 17.5 Å². The lowest BCUT2D eigenvalue weighted by Crippen LogP contribution is -2.46. The Morgan fingerprint density at radius 3 is 2.58 bits per heavy atom. The first kappa shape index (κ1) is 15.1. The van der Waals surface area contributed by atoms with E-state index in [1.165, 1.54) is 0 Å². The molecule has 1 saturated heterocycles. The Balaban J connectivity index is 1.51. The maximum absolute atomic E-state index is 4.68. The van der Waals surface area contributed by atoms with Crippen molar-refractivity contribution in [2.24, 2.45) is 14.1 Å². The number of piperazine rings is 1. The molecule has 0 unspecified atom stereocenters. The summed E-state index contributed by atoms with van der Waals surface area (Å²) in [4.78, 5) is 18.4. The van der Waals surface area contributed by atoms with Gasteiger partial charge in [0.25, 0.3) is 0 Å². The summed E-state index contributed by atoms with van der Waals surface area (Å²) in [5.74, 6) is 2.90. The molecule has 1 aliphatic heterocycles. The third-order valence-corrected chi connectivity index (χ3v) is 4.64. The maximum Gasteiger partial charge on any atom is 0.163 e. The molecular formula is C16H22N8. The zero-order valence-corrected chi connectivity index (χ0v) is 14.3. The Morgan fingerprint density at radius 1 is 1.08 bits per heavy atom. The second kappa shape index (κ2) is 5.86. The molecule has 0 radical (unpaired) electrons. The van der Waals surface area contributed by atoms with Crippen LogP contribution < -0.4 is 4.90 Å².